The lowest BCUT2D eigenvalue weighted by Crippen LogP contribution is -2.45. The van der Waals surface area contributed by atoms with Crippen LogP contribution >= 0.6 is 0 Å². The molecule has 0 radical (unpaired) electrons. The highest BCUT2D eigenvalue weighted by atomic mass is 19.3. The topological polar surface area (TPSA) is 35.8 Å². The van der Waals surface area contributed by atoms with Gasteiger partial charge in [-0.15, -0.1) is 0 Å². The third-order valence-corrected chi connectivity index (χ3v) is 5.44. The van der Waals surface area contributed by atoms with Gasteiger partial charge in [-0.3, -0.25) is 0 Å². The fraction of sp³-hybridized carbons (Fsp3) is 0.938. The van der Waals surface area contributed by atoms with Gasteiger partial charge in [-0.2, -0.15) is 5.26 Å². The van der Waals surface area contributed by atoms with E-state index in [1.165, 1.54) is 0 Å². The van der Waals surface area contributed by atoms with E-state index in [2.05, 4.69) is 18.3 Å². The van der Waals surface area contributed by atoms with Crippen molar-refractivity contribution >= 4 is 0 Å². The molecule has 0 saturated heterocycles. The number of nitrogens with zero attached hydrogens (tertiary/aromatic N) is 1. The van der Waals surface area contributed by atoms with E-state index in [0.717, 1.165) is 32.1 Å². The van der Waals surface area contributed by atoms with Crippen molar-refractivity contribution in [3.05, 3.63) is 0 Å². The smallest absolute Gasteiger partial charge is 0.248 e. The highest BCUT2D eigenvalue weighted by Gasteiger charge is 2.37. The Bertz CT molecular complexity index is 344. The Balaban J connectivity index is 1.76. The molecule has 4 heteroatoms. The predicted octanol–water partition coefficient (Wildman–Crippen LogP) is 4.41. The molecule has 0 aliphatic heterocycles. The number of alkyl halides is 2. The summed E-state index contributed by atoms with van der Waals surface area (Å²) in [6.07, 6.45) is 7.35. The van der Waals surface area contributed by atoms with Crippen LogP contribution < -0.4 is 5.32 Å². The molecule has 2 fully saturated rings. The normalized spacial score (nSPS) is 34.6. The summed E-state index contributed by atoms with van der Waals surface area (Å²) in [6.45, 7) is 2.17. The average molecular weight is 284 g/mol. The van der Waals surface area contributed by atoms with Crippen molar-refractivity contribution in [2.24, 2.45) is 5.41 Å². The first kappa shape index (κ1) is 15.7. The summed E-state index contributed by atoms with van der Waals surface area (Å²) in [5.41, 5.74) is 0.215. The van der Waals surface area contributed by atoms with E-state index in [-0.39, 0.29) is 24.3 Å². The van der Waals surface area contributed by atoms with Crippen molar-refractivity contribution in [3.63, 3.8) is 0 Å². The molecule has 2 nitrogen and oxygen atoms in total. The third-order valence-electron chi connectivity index (χ3n) is 5.44. The molecule has 0 aromatic heterocycles. The largest absolute Gasteiger partial charge is 0.311 e. The molecule has 114 valence electrons. The van der Waals surface area contributed by atoms with Crippen LogP contribution in [-0.4, -0.2) is 18.0 Å². The molecule has 2 aliphatic rings. The lowest BCUT2D eigenvalue weighted by Gasteiger charge is -2.40. The summed E-state index contributed by atoms with van der Waals surface area (Å²) in [7, 11) is 0. The van der Waals surface area contributed by atoms with E-state index in [9.17, 15) is 8.78 Å². The Labute approximate surface area is 120 Å². The first-order valence-corrected chi connectivity index (χ1v) is 7.99. The number of halogens is 2. The second-order valence-electron chi connectivity index (χ2n) is 6.76. The zero-order chi connectivity index (χ0) is 14.6. The van der Waals surface area contributed by atoms with Gasteiger partial charge in [-0.05, 0) is 50.4 Å². The summed E-state index contributed by atoms with van der Waals surface area (Å²) in [6, 6.07) is 3.06. The lowest BCUT2D eigenvalue weighted by atomic mass is 9.69. The highest BCUT2D eigenvalue weighted by molar-refractivity contribution is 4.94. The van der Waals surface area contributed by atoms with Gasteiger partial charge in [0.2, 0.25) is 5.92 Å². The molecule has 0 amide bonds. The van der Waals surface area contributed by atoms with Crippen LogP contribution in [0, 0.1) is 16.7 Å². The van der Waals surface area contributed by atoms with E-state index in [0.29, 0.717) is 25.3 Å². The van der Waals surface area contributed by atoms with Crippen molar-refractivity contribution in [1.29, 1.82) is 5.26 Å². The first-order chi connectivity index (χ1) is 9.49. The number of nitrogens with one attached hydrogen (secondary N) is 1. The van der Waals surface area contributed by atoms with Crippen molar-refractivity contribution in [3.8, 4) is 6.07 Å². The molecule has 0 bridgehead atoms. The molecule has 2 rings (SSSR count). The van der Waals surface area contributed by atoms with Crippen LogP contribution in [0.4, 0.5) is 8.78 Å². The Morgan fingerprint density at radius 1 is 1.05 bits per heavy atom. The second kappa shape index (κ2) is 6.39. The molecule has 1 N–H and O–H groups in total. The van der Waals surface area contributed by atoms with Crippen molar-refractivity contribution < 1.29 is 8.78 Å². The molecule has 2 saturated carbocycles. The van der Waals surface area contributed by atoms with Gasteiger partial charge in [0.15, 0.2) is 0 Å². The highest BCUT2D eigenvalue weighted by Crippen LogP contribution is 2.42. The molecule has 20 heavy (non-hydrogen) atoms. The van der Waals surface area contributed by atoms with Crippen molar-refractivity contribution in [2.75, 3.05) is 0 Å². The van der Waals surface area contributed by atoms with Crippen LogP contribution in [-0.2, 0) is 0 Å². The Morgan fingerprint density at radius 3 is 2.00 bits per heavy atom. The van der Waals surface area contributed by atoms with E-state index < -0.39 is 5.92 Å². The number of nitriles is 1. The minimum Gasteiger partial charge on any atom is -0.311 e. The molecule has 0 atom stereocenters. The zero-order valence-electron chi connectivity index (χ0n) is 12.4. The van der Waals surface area contributed by atoms with E-state index >= 15 is 0 Å². The quantitative estimate of drug-likeness (QED) is 0.830. The molecule has 0 spiro atoms. The standard InChI is InChI=1S/C16H26F2N2/c1-2-15(11-12-19)7-3-13(4-8-15)20-14-5-9-16(17,18)10-6-14/h13-14,20H,2-11H2,1H3/t13-,15-. The maximum atomic E-state index is 13.1. The van der Waals surface area contributed by atoms with Crippen LogP contribution in [0.5, 0.6) is 0 Å². The maximum Gasteiger partial charge on any atom is 0.248 e. The monoisotopic (exact) mass is 284 g/mol. The number of hydrogen-bond donors (Lipinski definition) is 1. The summed E-state index contributed by atoms with van der Waals surface area (Å²) < 4.78 is 26.3. The van der Waals surface area contributed by atoms with Crippen LogP contribution in [0.3, 0.4) is 0 Å². The van der Waals surface area contributed by atoms with Gasteiger partial charge in [0.25, 0.3) is 0 Å². The van der Waals surface area contributed by atoms with Crippen molar-refractivity contribution in [1.82, 2.24) is 5.32 Å². The molecular formula is C16H26F2N2. The van der Waals surface area contributed by atoms with Gasteiger partial charge in [-0.25, -0.2) is 8.78 Å². The Kier molecular flexibility index (Phi) is 5.01. The van der Waals surface area contributed by atoms with Crippen LogP contribution in [0.1, 0.15) is 71.1 Å². The molecule has 0 aromatic carbocycles. The van der Waals surface area contributed by atoms with E-state index in [1.807, 2.05) is 0 Å². The second-order valence-corrected chi connectivity index (χ2v) is 6.76. The molecular weight excluding hydrogens is 258 g/mol. The first-order valence-electron chi connectivity index (χ1n) is 7.99. The van der Waals surface area contributed by atoms with E-state index in [1.54, 1.807) is 0 Å². The van der Waals surface area contributed by atoms with Gasteiger partial charge < -0.3 is 5.32 Å². The summed E-state index contributed by atoms with van der Waals surface area (Å²) in [5.74, 6) is -2.44. The lowest BCUT2D eigenvalue weighted by molar-refractivity contribution is -0.0419. The Morgan fingerprint density at radius 2 is 1.55 bits per heavy atom. The van der Waals surface area contributed by atoms with Gasteiger partial charge in [0.1, 0.15) is 0 Å². The van der Waals surface area contributed by atoms with E-state index in [4.69, 9.17) is 5.26 Å². The van der Waals surface area contributed by atoms with Crippen LogP contribution in [0.2, 0.25) is 0 Å². The zero-order valence-corrected chi connectivity index (χ0v) is 12.4. The maximum absolute atomic E-state index is 13.1. The van der Waals surface area contributed by atoms with Crippen LogP contribution in [0.25, 0.3) is 0 Å². The summed E-state index contributed by atoms with van der Waals surface area (Å²) in [4.78, 5) is 0. The molecule has 0 unspecified atom stereocenters. The minimum atomic E-state index is -2.44. The molecule has 0 aromatic rings. The number of rotatable bonds is 4. The molecule has 0 heterocycles. The fourth-order valence-corrected chi connectivity index (χ4v) is 3.76. The third kappa shape index (κ3) is 3.91. The fourth-order valence-electron chi connectivity index (χ4n) is 3.76. The minimum absolute atomic E-state index is 0.0325. The van der Waals surface area contributed by atoms with Gasteiger partial charge >= 0.3 is 0 Å². The van der Waals surface area contributed by atoms with Gasteiger partial charge in [0, 0.05) is 31.3 Å². The Hall–Kier alpha value is -0.690. The summed E-state index contributed by atoms with van der Waals surface area (Å²) in [5, 5.41) is 12.5. The van der Waals surface area contributed by atoms with Crippen molar-refractivity contribution in [2.45, 2.75) is 89.1 Å². The van der Waals surface area contributed by atoms with Crippen LogP contribution in [0.15, 0.2) is 0 Å². The molecule has 2 aliphatic carbocycles. The SMILES string of the molecule is CC[C@]1(CC#N)CC[C@H](NC2CCC(F)(F)CC2)CC1. The number of hydrogen-bond acceptors (Lipinski definition) is 2. The van der Waals surface area contributed by atoms with Gasteiger partial charge in [0.05, 0.1) is 6.07 Å². The van der Waals surface area contributed by atoms with Gasteiger partial charge in [-0.1, -0.05) is 6.92 Å². The summed E-state index contributed by atoms with van der Waals surface area (Å²) >= 11 is 0. The predicted molar refractivity (Wildman–Crippen MR) is 75.5 cm³/mol. The average Bonchev–Trinajstić information content (AvgIpc) is 2.44.